The Bertz CT molecular complexity index is 708. The van der Waals surface area contributed by atoms with Crippen LogP contribution in [0.25, 0.3) is 0 Å². The number of furan rings is 1. The molecule has 1 aromatic carbocycles. The number of nitriles is 1. The highest BCUT2D eigenvalue weighted by Gasteiger charge is 2.25. The molecule has 2 aromatic rings. The molecule has 106 valence electrons. The van der Waals surface area contributed by atoms with E-state index in [1.807, 2.05) is 6.07 Å². The average Bonchev–Trinajstić information content (AvgIpc) is 2.94. The first kappa shape index (κ1) is 14.3. The molecular weight excluding hydrogens is 274 g/mol. The second kappa shape index (κ2) is 5.92. The fourth-order valence-electron chi connectivity index (χ4n) is 1.92. The van der Waals surface area contributed by atoms with E-state index in [9.17, 15) is 14.7 Å². The average molecular weight is 285 g/mol. The Morgan fingerprint density at radius 3 is 2.29 bits per heavy atom. The quantitative estimate of drug-likeness (QED) is 0.871. The van der Waals surface area contributed by atoms with Crippen LogP contribution in [0.5, 0.6) is 0 Å². The summed E-state index contributed by atoms with van der Waals surface area (Å²) in [6.45, 7) is 0. The minimum absolute atomic E-state index is 0.0873. The lowest BCUT2D eigenvalue weighted by atomic mass is 9.96. The Hall–Kier alpha value is -3.07. The molecule has 1 unspecified atom stereocenters. The SMILES string of the molecule is N#Cc1ccc(CC(C(=O)O)c2ccc(C(=O)O)o2)cc1. The molecule has 6 heteroatoms. The van der Waals surface area contributed by atoms with Crippen LogP contribution in [0.4, 0.5) is 0 Å². The number of carbonyl (C=O) groups is 2. The Morgan fingerprint density at radius 2 is 1.81 bits per heavy atom. The van der Waals surface area contributed by atoms with Gasteiger partial charge in [0.2, 0.25) is 5.76 Å². The molecule has 0 aliphatic heterocycles. The molecule has 0 aliphatic carbocycles. The number of rotatable bonds is 5. The first-order chi connectivity index (χ1) is 10.0. The lowest BCUT2D eigenvalue weighted by Gasteiger charge is -2.09. The number of benzene rings is 1. The highest BCUT2D eigenvalue weighted by atomic mass is 16.4. The summed E-state index contributed by atoms with van der Waals surface area (Å²) in [7, 11) is 0. The first-order valence-electron chi connectivity index (χ1n) is 6.06. The standard InChI is InChI=1S/C15H11NO5/c16-8-10-3-1-9(2-4-10)7-11(14(17)18)12-5-6-13(21-12)15(19)20/h1-6,11H,7H2,(H,17,18)(H,19,20). The van der Waals surface area contributed by atoms with Gasteiger partial charge in [0.05, 0.1) is 11.6 Å². The molecule has 1 heterocycles. The zero-order chi connectivity index (χ0) is 15.4. The summed E-state index contributed by atoms with van der Waals surface area (Å²) < 4.78 is 5.05. The molecule has 0 saturated heterocycles. The van der Waals surface area contributed by atoms with Crippen molar-refractivity contribution in [1.82, 2.24) is 0 Å². The zero-order valence-corrected chi connectivity index (χ0v) is 10.8. The summed E-state index contributed by atoms with van der Waals surface area (Å²) in [6.07, 6.45) is 0.146. The second-order valence-corrected chi connectivity index (χ2v) is 4.41. The van der Waals surface area contributed by atoms with Gasteiger partial charge in [-0.05, 0) is 36.2 Å². The zero-order valence-electron chi connectivity index (χ0n) is 10.8. The van der Waals surface area contributed by atoms with Crippen LogP contribution in [-0.4, -0.2) is 22.2 Å². The van der Waals surface area contributed by atoms with E-state index in [0.29, 0.717) is 5.56 Å². The summed E-state index contributed by atoms with van der Waals surface area (Å²) in [6, 6.07) is 11.1. The fraction of sp³-hybridized carbons (Fsp3) is 0.133. The molecule has 0 radical (unpaired) electrons. The van der Waals surface area contributed by atoms with Gasteiger partial charge in [-0.3, -0.25) is 4.79 Å². The highest BCUT2D eigenvalue weighted by Crippen LogP contribution is 2.24. The molecule has 0 fully saturated rings. The number of aromatic carboxylic acids is 1. The third kappa shape index (κ3) is 3.28. The van der Waals surface area contributed by atoms with Crippen molar-refractivity contribution in [3.63, 3.8) is 0 Å². The largest absolute Gasteiger partial charge is 0.481 e. The van der Waals surface area contributed by atoms with Crippen LogP contribution in [0, 0.1) is 11.3 Å². The molecule has 0 spiro atoms. The second-order valence-electron chi connectivity index (χ2n) is 4.41. The van der Waals surface area contributed by atoms with Crippen LogP contribution in [0.1, 0.15) is 33.4 Å². The van der Waals surface area contributed by atoms with Crippen LogP contribution in [0.3, 0.4) is 0 Å². The number of aliphatic carboxylic acids is 1. The normalized spacial score (nSPS) is 11.6. The molecule has 0 amide bonds. The highest BCUT2D eigenvalue weighted by molar-refractivity contribution is 5.84. The summed E-state index contributed by atoms with van der Waals surface area (Å²) in [5, 5.41) is 26.8. The van der Waals surface area contributed by atoms with Gasteiger partial charge < -0.3 is 14.6 Å². The van der Waals surface area contributed by atoms with Crippen molar-refractivity contribution in [3.8, 4) is 6.07 Å². The van der Waals surface area contributed by atoms with E-state index in [0.717, 1.165) is 5.56 Å². The molecule has 1 aromatic heterocycles. The lowest BCUT2D eigenvalue weighted by Crippen LogP contribution is -2.13. The van der Waals surface area contributed by atoms with E-state index in [1.54, 1.807) is 24.3 Å². The molecule has 6 nitrogen and oxygen atoms in total. The maximum absolute atomic E-state index is 11.3. The van der Waals surface area contributed by atoms with Gasteiger partial charge in [0.15, 0.2) is 0 Å². The van der Waals surface area contributed by atoms with E-state index in [-0.39, 0.29) is 17.9 Å². The molecule has 0 bridgehead atoms. The van der Waals surface area contributed by atoms with Gasteiger partial charge in [0.1, 0.15) is 11.7 Å². The maximum atomic E-state index is 11.3. The van der Waals surface area contributed by atoms with Gasteiger partial charge in [-0.15, -0.1) is 0 Å². The van der Waals surface area contributed by atoms with Gasteiger partial charge in [-0.2, -0.15) is 5.26 Å². The van der Waals surface area contributed by atoms with Crippen molar-refractivity contribution >= 4 is 11.9 Å². The number of carboxylic acids is 2. The van der Waals surface area contributed by atoms with Crippen molar-refractivity contribution in [2.24, 2.45) is 0 Å². The summed E-state index contributed by atoms with van der Waals surface area (Å²) >= 11 is 0. The van der Waals surface area contributed by atoms with Crippen molar-refractivity contribution in [3.05, 3.63) is 59.0 Å². The maximum Gasteiger partial charge on any atom is 0.371 e. The van der Waals surface area contributed by atoms with Crippen LogP contribution in [0.2, 0.25) is 0 Å². The van der Waals surface area contributed by atoms with Gasteiger partial charge in [-0.1, -0.05) is 12.1 Å². The predicted molar refractivity (Wildman–Crippen MR) is 70.9 cm³/mol. The molecule has 0 saturated carbocycles. The Morgan fingerprint density at radius 1 is 1.14 bits per heavy atom. The van der Waals surface area contributed by atoms with Gasteiger partial charge in [0, 0.05) is 0 Å². The minimum atomic E-state index is -1.25. The molecule has 0 aliphatic rings. The smallest absolute Gasteiger partial charge is 0.371 e. The van der Waals surface area contributed by atoms with Crippen molar-refractivity contribution in [2.75, 3.05) is 0 Å². The third-order valence-corrected chi connectivity index (χ3v) is 3.00. The Balaban J connectivity index is 2.24. The number of hydrogen-bond acceptors (Lipinski definition) is 4. The molecule has 21 heavy (non-hydrogen) atoms. The number of carboxylic acid groups (broad SMARTS) is 2. The van der Waals surface area contributed by atoms with Gasteiger partial charge >= 0.3 is 11.9 Å². The van der Waals surface area contributed by atoms with E-state index in [4.69, 9.17) is 14.8 Å². The first-order valence-corrected chi connectivity index (χ1v) is 6.06. The molecular formula is C15H11NO5. The number of nitrogens with zero attached hydrogens (tertiary/aromatic N) is 1. The Kier molecular flexibility index (Phi) is 4.05. The van der Waals surface area contributed by atoms with Crippen molar-refractivity contribution in [2.45, 2.75) is 12.3 Å². The molecule has 2 rings (SSSR count). The van der Waals surface area contributed by atoms with E-state index < -0.39 is 17.9 Å². The van der Waals surface area contributed by atoms with Crippen LogP contribution in [0.15, 0.2) is 40.8 Å². The number of hydrogen-bond donors (Lipinski definition) is 2. The van der Waals surface area contributed by atoms with Gasteiger partial charge in [0.25, 0.3) is 0 Å². The van der Waals surface area contributed by atoms with Crippen molar-refractivity contribution in [1.29, 1.82) is 5.26 Å². The van der Waals surface area contributed by atoms with Crippen molar-refractivity contribution < 1.29 is 24.2 Å². The molecule has 1 atom stereocenters. The minimum Gasteiger partial charge on any atom is -0.481 e. The monoisotopic (exact) mass is 285 g/mol. The van der Waals surface area contributed by atoms with Crippen LogP contribution >= 0.6 is 0 Å². The summed E-state index contributed by atoms with van der Waals surface area (Å²) in [5.41, 5.74) is 1.20. The van der Waals surface area contributed by atoms with Gasteiger partial charge in [-0.25, -0.2) is 4.79 Å². The Labute approximate surface area is 119 Å². The summed E-state index contributed by atoms with van der Waals surface area (Å²) in [4.78, 5) is 22.1. The molecule has 2 N–H and O–H groups in total. The fourth-order valence-corrected chi connectivity index (χ4v) is 1.92. The predicted octanol–water partition coefficient (Wildman–Crippen LogP) is 2.26. The summed E-state index contributed by atoms with van der Waals surface area (Å²) in [5.74, 6) is -3.54. The van der Waals surface area contributed by atoms with Crippen LogP contribution in [-0.2, 0) is 11.2 Å². The third-order valence-electron chi connectivity index (χ3n) is 3.00. The lowest BCUT2D eigenvalue weighted by molar-refractivity contribution is -0.139. The topological polar surface area (TPSA) is 112 Å². The van der Waals surface area contributed by atoms with E-state index >= 15 is 0 Å². The van der Waals surface area contributed by atoms with Crippen LogP contribution < -0.4 is 0 Å². The van der Waals surface area contributed by atoms with E-state index in [1.165, 1.54) is 12.1 Å². The van der Waals surface area contributed by atoms with E-state index in [2.05, 4.69) is 0 Å².